The lowest BCUT2D eigenvalue weighted by Crippen LogP contribution is -2.40. The molecule has 0 bridgehead atoms. The molecule has 3 rings (SSSR count). The number of guanidine groups is 1. The Morgan fingerprint density at radius 1 is 1.17 bits per heavy atom. The summed E-state index contributed by atoms with van der Waals surface area (Å²) in [5.74, 6) is 2.07. The Bertz CT molecular complexity index is 812. The summed E-state index contributed by atoms with van der Waals surface area (Å²) in [6, 6.07) is 15.7. The molecule has 2 N–H and O–H groups in total. The summed E-state index contributed by atoms with van der Waals surface area (Å²) in [6.45, 7) is 4.98. The van der Waals surface area contributed by atoms with Crippen LogP contribution in [-0.4, -0.2) is 50.3 Å². The lowest BCUT2D eigenvalue weighted by molar-refractivity contribution is 0.328. The molecule has 0 saturated carbocycles. The number of hydrogen-bond acceptors (Lipinski definition) is 3. The quantitative estimate of drug-likeness (QED) is 0.469. The molecule has 1 heterocycles. The standard InChI is InChI=1S/C24H33FN4S/c1-26-24(28-16-21-8-9-23(25)14-22(21)18-30-2)27-15-20-11-13-29(17-20)12-10-19-6-4-3-5-7-19/h3-9,14,20H,10-13,15-18H2,1-2H3,(H2,26,27,28). The minimum absolute atomic E-state index is 0.177. The number of nitrogens with zero attached hydrogens (tertiary/aromatic N) is 2. The van der Waals surface area contributed by atoms with Crippen molar-refractivity contribution in [2.45, 2.75) is 25.1 Å². The van der Waals surface area contributed by atoms with E-state index in [-0.39, 0.29) is 5.82 Å². The second-order valence-corrected chi connectivity index (χ2v) is 8.71. The van der Waals surface area contributed by atoms with E-state index in [1.807, 2.05) is 12.3 Å². The number of halogens is 1. The molecule has 30 heavy (non-hydrogen) atoms. The third-order valence-electron chi connectivity index (χ3n) is 5.63. The first-order valence-electron chi connectivity index (χ1n) is 10.6. The third-order valence-corrected chi connectivity index (χ3v) is 6.23. The monoisotopic (exact) mass is 428 g/mol. The molecular formula is C24H33FN4S. The van der Waals surface area contributed by atoms with E-state index in [2.05, 4.69) is 50.9 Å². The highest BCUT2D eigenvalue weighted by Gasteiger charge is 2.22. The summed E-state index contributed by atoms with van der Waals surface area (Å²) in [5.41, 5.74) is 3.56. The fraction of sp³-hybridized carbons (Fsp3) is 0.458. The fourth-order valence-corrected chi connectivity index (χ4v) is 4.49. The molecule has 1 fully saturated rings. The summed E-state index contributed by atoms with van der Waals surface area (Å²) in [7, 11) is 1.80. The largest absolute Gasteiger partial charge is 0.356 e. The van der Waals surface area contributed by atoms with Crippen molar-refractivity contribution < 1.29 is 4.39 Å². The highest BCUT2D eigenvalue weighted by molar-refractivity contribution is 7.97. The molecule has 2 aromatic carbocycles. The Morgan fingerprint density at radius 3 is 2.77 bits per heavy atom. The summed E-state index contributed by atoms with van der Waals surface area (Å²) >= 11 is 1.70. The topological polar surface area (TPSA) is 39.7 Å². The van der Waals surface area contributed by atoms with Gasteiger partial charge in [-0.2, -0.15) is 11.8 Å². The van der Waals surface area contributed by atoms with Crippen LogP contribution in [0.15, 0.2) is 53.5 Å². The highest BCUT2D eigenvalue weighted by atomic mass is 32.2. The molecule has 6 heteroatoms. The number of likely N-dealkylation sites (tertiary alicyclic amines) is 1. The lowest BCUT2D eigenvalue weighted by atomic mass is 10.1. The maximum atomic E-state index is 13.5. The van der Waals surface area contributed by atoms with Gasteiger partial charge in [-0.15, -0.1) is 0 Å². The fourth-order valence-electron chi connectivity index (χ4n) is 3.91. The predicted octanol–water partition coefficient (Wildman–Crippen LogP) is 3.92. The van der Waals surface area contributed by atoms with Crippen molar-refractivity contribution in [3.8, 4) is 0 Å². The van der Waals surface area contributed by atoms with E-state index in [1.54, 1.807) is 24.9 Å². The second kappa shape index (κ2) is 12.0. The summed E-state index contributed by atoms with van der Waals surface area (Å²) in [6.07, 6.45) is 4.36. The Hall–Kier alpha value is -2.05. The molecule has 1 saturated heterocycles. The molecule has 0 radical (unpaired) electrons. The van der Waals surface area contributed by atoms with Crippen molar-refractivity contribution >= 4 is 17.7 Å². The zero-order chi connectivity index (χ0) is 21.2. The highest BCUT2D eigenvalue weighted by Crippen LogP contribution is 2.17. The molecule has 0 aromatic heterocycles. The van der Waals surface area contributed by atoms with Crippen LogP contribution in [0.2, 0.25) is 0 Å². The van der Waals surface area contributed by atoms with E-state index in [1.165, 1.54) is 24.6 Å². The molecular weight excluding hydrogens is 395 g/mol. The first kappa shape index (κ1) is 22.6. The Morgan fingerprint density at radius 2 is 2.00 bits per heavy atom. The number of hydrogen-bond donors (Lipinski definition) is 2. The van der Waals surface area contributed by atoms with Gasteiger partial charge >= 0.3 is 0 Å². The minimum Gasteiger partial charge on any atom is -0.356 e. The number of aliphatic imine (C=N–C) groups is 1. The number of benzene rings is 2. The van der Waals surface area contributed by atoms with Crippen LogP contribution in [0.4, 0.5) is 4.39 Å². The van der Waals surface area contributed by atoms with Gasteiger partial charge in [0.1, 0.15) is 5.82 Å². The predicted molar refractivity (Wildman–Crippen MR) is 127 cm³/mol. The van der Waals surface area contributed by atoms with Crippen molar-refractivity contribution in [2.24, 2.45) is 10.9 Å². The SMILES string of the molecule is CN=C(NCc1ccc(F)cc1CSC)NCC1CCN(CCc2ccccc2)C1. The van der Waals surface area contributed by atoms with Crippen molar-refractivity contribution in [1.29, 1.82) is 0 Å². The van der Waals surface area contributed by atoms with Gasteiger partial charge in [0.15, 0.2) is 5.96 Å². The van der Waals surface area contributed by atoms with E-state index < -0.39 is 0 Å². The maximum Gasteiger partial charge on any atom is 0.191 e. The van der Waals surface area contributed by atoms with Gasteiger partial charge in [0.25, 0.3) is 0 Å². The van der Waals surface area contributed by atoms with E-state index in [4.69, 9.17) is 0 Å². The Labute approximate surface area is 184 Å². The van der Waals surface area contributed by atoms with Crippen molar-refractivity contribution in [1.82, 2.24) is 15.5 Å². The molecule has 0 spiro atoms. The molecule has 0 aliphatic carbocycles. The van der Waals surface area contributed by atoms with Crippen LogP contribution in [-0.2, 0) is 18.7 Å². The maximum absolute atomic E-state index is 13.5. The van der Waals surface area contributed by atoms with Gasteiger partial charge in [0.05, 0.1) is 0 Å². The van der Waals surface area contributed by atoms with Crippen LogP contribution in [0.5, 0.6) is 0 Å². The number of rotatable bonds is 9. The van der Waals surface area contributed by atoms with Gasteiger partial charge in [-0.1, -0.05) is 36.4 Å². The van der Waals surface area contributed by atoms with Crippen LogP contribution in [0.25, 0.3) is 0 Å². The molecule has 2 aromatic rings. The average molecular weight is 429 g/mol. The van der Waals surface area contributed by atoms with Crippen molar-refractivity contribution in [2.75, 3.05) is 39.5 Å². The molecule has 1 unspecified atom stereocenters. The van der Waals surface area contributed by atoms with Crippen LogP contribution < -0.4 is 10.6 Å². The normalized spacial score (nSPS) is 17.3. The lowest BCUT2D eigenvalue weighted by Gasteiger charge is -2.18. The van der Waals surface area contributed by atoms with Gasteiger partial charge in [-0.25, -0.2) is 4.39 Å². The van der Waals surface area contributed by atoms with E-state index in [9.17, 15) is 4.39 Å². The van der Waals surface area contributed by atoms with E-state index >= 15 is 0 Å². The van der Waals surface area contributed by atoms with Crippen LogP contribution in [0, 0.1) is 11.7 Å². The van der Waals surface area contributed by atoms with Gasteiger partial charge in [0, 0.05) is 39.0 Å². The van der Waals surface area contributed by atoms with Gasteiger partial charge in [0.2, 0.25) is 0 Å². The molecule has 1 aliphatic heterocycles. The zero-order valence-corrected chi connectivity index (χ0v) is 18.9. The Kier molecular flexibility index (Phi) is 9.02. The summed E-state index contributed by atoms with van der Waals surface area (Å²) < 4.78 is 13.5. The number of thioether (sulfide) groups is 1. The number of nitrogens with one attached hydrogen (secondary N) is 2. The second-order valence-electron chi connectivity index (χ2n) is 7.84. The molecule has 1 atom stereocenters. The summed E-state index contributed by atoms with van der Waals surface area (Å²) in [5, 5.41) is 6.85. The van der Waals surface area contributed by atoms with Gasteiger partial charge < -0.3 is 15.5 Å². The molecule has 4 nitrogen and oxygen atoms in total. The average Bonchev–Trinajstić information content (AvgIpc) is 3.22. The van der Waals surface area contributed by atoms with E-state index in [0.717, 1.165) is 48.9 Å². The minimum atomic E-state index is -0.177. The van der Waals surface area contributed by atoms with Crippen LogP contribution in [0.1, 0.15) is 23.1 Å². The van der Waals surface area contributed by atoms with E-state index in [0.29, 0.717) is 12.5 Å². The molecule has 162 valence electrons. The van der Waals surface area contributed by atoms with Crippen LogP contribution >= 0.6 is 11.8 Å². The van der Waals surface area contributed by atoms with Crippen LogP contribution in [0.3, 0.4) is 0 Å². The first-order valence-corrected chi connectivity index (χ1v) is 12.0. The zero-order valence-electron chi connectivity index (χ0n) is 18.0. The Balaban J connectivity index is 1.40. The molecule has 1 aliphatic rings. The first-order chi connectivity index (χ1) is 14.7. The van der Waals surface area contributed by atoms with Gasteiger partial charge in [-0.05, 0) is 60.4 Å². The smallest absolute Gasteiger partial charge is 0.191 e. The van der Waals surface area contributed by atoms with Crippen molar-refractivity contribution in [3.05, 3.63) is 71.0 Å². The van der Waals surface area contributed by atoms with Crippen molar-refractivity contribution in [3.63, 3.8) is 0 Å². The molecule has 0 amide bonds. The van der Waals surface area contributed by atoms with Gasteiger partial charge in [-0.3, -0.25) is 4.99 Å². The third kappa shape index (κ3) is 7.03. The summed E-state index contributed by atoms with van der Waals surface area (Å²) in [4.78, 5) is 6.91.